The molecule has 0 spiro atoms. The van der Waals surface area contributed by atoms with Crippen molar-refractivity contribution in [2.45, 2.75) is 25.8 Å². The van der Waals surface area contributed by atoms with Crippen molar-refractivity contribution in [3.05, 3.63) is 65.2 Å². The van der Waals surface area contributed by atoms with Gasteiger partial charge in [0, 0.05) is 13.1 Å². The number of nitrogens with zero attached hydrogens (tertiary/aromatic N) is 1. The molecule has 25 heavy (non-hydrogen) atoms. The molecule has 130 valence electrons. The molecule has 0 bridgehead atoms. The fourth-order valence-electron chi connectivity index (χ4n) is 3.14. The maximum absolute atomic E-state index is 12.9. The first-order valence-corrected chi connectivity index (χ1v) is 8.44. The number of benzene rings is 2. The molecule has 1 heterocycles. The van der Waals surface area contributed by atoms with Crippen LogP contribution in [0.15, 0.2) is 48.5 Å². The quantitative estimate of drug-likeness (QED) is 0.902. The molecule has 0 aromatic heterocycles. The lowest BCUT2D eigenvalue weighted by atomic mass is 10.0. The number of phenols is 1. The Morgan fingerprint density at radius 2 is 2.00 bits per heavy atom. The van der Waals surface area contributed by atoms with Crippen LogP contribution in [0.1, 0.15) is 29.2 Å². The first-order valence-electron chi connectivity index (χ1n) is 8.44. The van der Waals surface area contributed by atoms with Gasteiger partial charge < -0.3 is 15.3 Å². The van der Waals surface area contributed by atoms with Gasteiger partial charge in [-0.2, -0.15) is 0 Å². The summed E-state index contributed by atoms with van der Waals surface area (Å²) in [5.74, 6) is 0.100. The van der Waals surface area contributed by atoms with Gasteiger partial charge >= 0.3 is 0 Å². The maximum Gasteiger partial charge on any atom is 0.227 e. The molecule has 0 radical (unpaired) electrons. The Hall–Kier alpha value is -2.82. The molecule has 2 N–H and O–H groups in total. The average Bonchev–Trinajstić information content (AvgIpc) is 2.80. The molecule has 3 rings (SSSR count). The summed E-state index contributed by atoms with van der Waals surface area (Å²) in [6, 6.07) is 14.7. The molecule has 1 fully saturated rings. The fraction of sp³-hybridized carbons (Fsp3) is 0.300. The maximum atomic E-state index is 12.9. The molecule has 0 aliphatic carbocycles. The lowest BCUT2D eigenvalue weighted by Crippen LogP contribution is -2.37. The second-order valence-corrected chi connectivity index (χ2v) is 6.37. The highest BCUT2D eigenvalue weighted by molar-refractivity contribution is 5.82. The van der Waals surface area contributed by atoms with E-state index in [4.69, 9.17) is 0 Å². The standard InChI is InChI=1S/C20H22N2O3/c1-14-7-8-15(11-18(14)23)12-20(25)22-10-9-21-19(24)13-17(22)16-5-3-2-4-6-16/h2-8,11,17,23H,9-10,12-13H2,1H3,(H,21,24). The van der Waals surface area contributed by atoms with Crippen LogP contribution in [0, 0.1) is 6.92 Å². The Balaban J connectivity index is 1.84. The molecule has 1 atom stereocenters. The number of nitrogens with one attached hydrogen (secondary N) is 1. The second-order valence-electron chi connectivity index (χ2n) is 6.37. The molecule has 1 saturated heterocycles. The third-order valence-electron chi connectivity index (χ3n) is 4.56. The Morgan fingerprint density at radius 1 is 1.24 bits per heavy atom. The van der Waals surface area contributed by atoms with E-state index in [9.17, 15) is 14.7 Å². The highest BCUT2D eigenvalue weighted by Gasteiger charge is 2.29. The fourth-order valence-corrected chi connectivity index (χ4v) is 3.14. The van der Waals surface area contributed by atoms with E-state index < -0.39 is 0 Å². The topological polar surface area (TPSA) is 69.6 Å². The van der Waals surface area contributed by atoms with Crippen molar-refractivity contribution in [3.63, 3.8) is 0 Å². The largest absolute Gasteiger partial charge is 0.508 e. The first kappa shape index (κ1) is 17.0. The summed E-state index contributed by atoms with van der Waals surface area (Å²) in [5.41, 5.74) is 2.51. The van der Waals surface area contributed by atoms with Gasteiger partial charge in [0.05, 0.1) is 18.9 Å². The lowest BCUT2D eigenvalue weighted by molar-refractivity contribution is -0.133. The van der Waals surface area contributed by atoms with Crippen molar-refractivity contribution in [2.24, 2.45) is 0 Å². The molecule has 2 aromatic carbocycles. The number of phenolic OH excluding ortho intramolecular Hbond substituents is 1. The number of hydrogen-bond donors (Lipinski definition) is 2. The molecule has 0 saturated carbocycles. The minimum absolute atomic E-state index is 0.0443. The van der Waals surface area contributed by atoms with Crippen LogP contribution in [-0.4, -0.2) is 34.9 Å². The highest BCUT2D eigenvalue weighted by atomic mass is 16.3. The number of aromatic hydroxyl groups is 1. The Morgan fingerprint density at radius 3 is 2.72 bits per heavy atom. The lowest BCUT2D eigenvalue weighted by Gasteiger charge is -2.29. The molecule has 1 aliphatic heterocycles. The highest BCUT2D eigenvalue weighted by Crippen LogP contribution is 2.27. The second kappa shape index (κ2) is 7.38. The van der Waals surface area contributed by atoms with E-state index >= 15 is 0 Å². The molecule has 2 amide bonds. The van der Waals surface area contributed by atoms with Crippen LogP contribution in [0.4, 0.5) is 0 Å². The monoisotopic (exact) mass is 338 g/mol. The van der Waals surface area contributed by atoms with E-state index in [1.807, 2.05) is 43.3 Å². The minimum atomic E-state index is -0.268. The zero-order valence-electron chi connectivity index (χ0n) is 14.2. The molecule has 5 nitrogen and oxygen atoms in total. The molecule has 1 unspecified atom stereocenters. The number of carbonyl (C=O) groups excluding carboxylic acids is 2. The number of rotatable bonds is 3. The van der Waals surface area contributed by atoms with Gasteiger partial charge in [0.25, 0.3) is 0 Å². The van der Waals surface area contributed by atoms with Crippen LogP contribution in [0.3, 0.4) is 0 Å². The van der Waals surface area contributed by atoms with Crippen LogP contribution < -0.4 is 5.32 Å². The normalized spacial score (nSPS) is 17.7. The first-order chi connectivity index (χ1) is 12.0. The Bertz CT molecular complexity index is 774. The van der Waals surface area contributed by atoms with Gasteiger partial charge in [-0.25, -0.2) is 0 Å². The van der Waals surface area contributed by atoms with Gasteiger partial charge in [-0.3, -0.25) is 9.59 Å². The number of hydrogen-bond acceptors (Lipinski definition) is 3. The van der Waals surface area contributed by atoms with E-state index in [0.717, 1.165) is 16.7 Å². The van der Waals surface area contributed by atoms with Crippen LogP contribution in [-0.2, 0) is 16.0 Å². The summed E-state index contributed by atoms with van der Waals surface area (Å²) in [7, 11) is 0. The van der Waals surface area contributed by atoms with E-state index in [1.54, 1.807) is 17.0 Å². The third kappa shape index (κ3) is 3.99. The molecular formula is C20H22N2O3. The van der Waals surface area contributed by atoms with Crippen LogP contribution in [0.25, 0.3) is 0 Å². The number of amides is 2. The van der Waals surface area contributed by atoms with E-state index in [2.05, 4.69) is 5.32 Å². The molecular weight excluding hydrogens is 316 g/mol. The van der Waals surface area contributed by atoms with E-state index in [0.29, 0.717) is 13.1 Å². The Labute approximate surface area is 147 Å². The number of aryl methyl sites for hydroxylation is 1. The molecule has 2 aromatic rings. The van der Waals surface area contributed by atoms with Crippen molar-refractivity contribution < 1.29 is 14.7 Å². The SMILES string of the molecule is Cc1ccc(CC(=O)N2CCNC(=O)CC2c2ccccc2)cc1O. The summed E-state index contributed by atoms with van der Waals surface area (Å²) >= 11 is 0. The smallest absolute Gasteiger partial charge is 0.227 e. The summed E-state index contributed by atoms with van der Waals surface area (Å²) in [5, 5.41) is 12.7. The van der Waals surface area contributed by atoms with Crippen molar-refractivity contribution >= 4 is 11.8 Å². The third-order valence-corrected chi connectivity index (χ3v) is 4.56. The molecule has 5 heteroatoms. The summed E-state index contributed by atoms with van der Waals surface area (Å²) in [4.78, 5) is 26.7. The number of carbonyl (C=O) groups is 2. The van der Waals surface area contributed by atoms with Crippen molar-refractivity contribution in [3.8, 4) is 5.75 Å². The van der Waals surface area contributed by atoms with Crippen LogP contribution in [0.2, 0.25) is 0 Å². The van der Waals surface area contributed by atoms with Gasteiger partial charge in [0.2, 0.25) is 11.8 Å². The Kier molecular flexibility index (Phi) is 5.03. The minimum Gasteiger partial charge on any atom is -0.508 e. The van der Waals surface area contributed by atoms with Gasteiger partial charge in [-0.15, -0.1) is 0 Å². The van der Waals surface area contributed by atoms with Crippen molar-refractivity contribution in [1.29, 1.82) is 0 Å². The molecule has 1 aliphatic rings. The van der Waals surface area contributed by atoms with E-state index in [-0.39, 0.29) is 36.4 Å². The predicted molar refractivity (Wildman–Crippen MR) is 95.1 cm³/mol. The van der Waals surface area contributed by atoms with Crippen molar-refractivity contribution in [1.82, 2.24) is 10.2 Å². The van der Waals surface area contributed by atoms with E-state index in [1.165, 1.54) is 0 Å². The zero-order valence-corrected chi connectivity index (χ0v) is 14.2. The summed E-state index contributed by atoms with van der Waals surface area (Å²) < 4.78 is 0. The van der Waals surface area contributed by atoms with Gasteiger partial charge in [0.15, 0.2) is 0 Å². The van der Waals surface area contributed by atoms with Crippen LogP contribution in [0.5, 0.6) is 5.75 Å². The summed E-state index contributed by atoms with van der Waals surface area (Å²) in [6.07, 6.45) is 0.459. The van der Waals surface area contributed by atoms with Crippen LogP contribution >= 0.6 is 0 Å². The van der Waals surface area contributed by atoms with Gasteiger partial charge in [-0.05, 0) is 29.7 Å². The van der Waals surface area contributed by atoms with Gasteiger partial charge in [0.1, 0.15) is 5.75 Å². The zero-order chi connectivity index (χ0) is 17.8. The predicted octanol–water partition coefficient (Wildman–Crippen LogP) is 2.33. The average molecular weight is 338 g/mol. The summed E-state index contributed by atoms with van der Waals surface area (Å²) in [6.45, 7) is 2.74. The van der Waals surface area contributed by atoms with Gasteiger partial charge in [-0.1, -0.05) is 42.5 Å². The van der Waals surface area contributed by atoms with Crippen molar-refractivity contribution in [2.75, 3.05) is 13.1 Å².